The molecule has 0 aliphatic carbocycles. The van der Waals surface area contributed by atoms with Crippen LogP contribution in [-0.2, 0) is 16.1 Å². The van der Waals surface area contributed by atoms with Crippen LogP contribution >= 0.6 is 22.9 Å². The number of amides is 1. The maximum atomic E-state index is 13.8. The zero-order valence-corrected chi connectivity index (χ0v) is 26.5. The number of hydrogen-bond donors (Lipinski definition) is 1. The first kappa shape index (κ1) is 31.0. The third-order valence-electron chi connectivity index (χ3n) is 6.91. The zero-order valence-electron chi connectivity index (χ0n) is 24.9. The van der Waals surface area contributed by atoms with Crippen LogP contribution in [0.15, 0.2) is 59.4 Å². The molecule has 0 atom stereocenters. The Bertz CT molecular complexity index is 1860. The third kappa shape index (κ3) is 6.92. The maximum Gasteiger partial charge on any atom is 0.269 e. The first-order chi connectivity index (χ1) is 19.8. The van der Waals surface area contributed by atoms with E-state index in [-0.39, 0.29) is 17.9 Å². The fraction of sp³-hybridized carbons (Fsp3) is 0.265. The van der Waals surface area contributed by atoms with Gasteiger partial charge in [-0.2, -0.15) is 0 Å². The van der Waals surface area contributed by atoms with Gasteiger partial charge in [0, 0.05) is 22.6 Å². The molecule has 3 aromatic carbocycles. The predicted molar refractivity (Wildman–Crippen MR) is 173 cm³/mol. The van der Waals surface area contributed by atoms with E-state index >= 15 is 0 Å². The van der Waals surface area contributed by atoms with Gasteiger partial charge in [-0.1, -0.05) is 80.4 Å². The summed E-state index contributed by atoms with van der Waals surface area (Å²) < 4.78 is 7.56. The highest BCUT2D eigenvalue weighted by Crippen LogP contribution is 2.31. The lowest BCUT2D eigenvalue weighted by Crippen LogP contribution is -2.36. The first-order valence-electron chi connectivity index (χ1n) is 13.6. The van der Waals surface area contributed by atoms with Gasteiger partial charge < -0.3 is 10.1 Å². The minimum Gasteiger partial charge on any atom is -0.495 e. The first-order valence-corrected chi connectivity index (χ1v) is 14.8. The number of ketones is 1. The molecule has 1 heterocycles. The average molecular weight is 603 g/mol. The van der Waals surface area contributed by atoms with Crippen molar-refractivity contribution in [1.29, 1.82) is 0 Å². The van der Waals surface area contributed by atoms with E-state index in [0.717, 1.165) is 27.8 Å². The smallest absolute Gasteiger partial charge is 0.269 e. The van der Waals surface area contributed by atoms with Crippen LogP contribution in [0.3, 0.4) is 0 Å². The maximum absolute atomic E-state index is 13.8. The highest BCUT2D eigenvalue weighted by atomic mass is 35.5. The van der Waals surface area contributed by atoms with Crippen LogP contribution in [-0.4, -0.2) is 23.4 Å². The average Bonchev–Trinajstić information content (AvgIpc) is 3.19. The van der Waals surface area contributed by atoms with Crippen LogP contribution in [0.4, 0.5) is 5.69 Å². The molecule has 0 aliphatic heterocycles. The number of halogens is 1. The zero-order chi connectivity index (χ0) is 30.8. The number of benzene rings is 3. The summed E-state index contributed by atoms with van der Waals surface area (Å²) in [6.45, 7) is 11.1. The number of rotatable bonds is 7. The van der Waals surface area contributed by atoms with Crippen molar-refractivity contribution in [2.24, 2.45) is 5.41 Å². The van der Waals surface area contributed by atoms with Crippen molar-refractivity contribution in [3.05, 3.63) is 101 Å². The minimum absolute atomic E-state index is 0.143. The van der Waals surface area contributed by atoms with Gasteiger partial charge in [0.15, 0.2) is 5.78 Å². The quantitative estimate of drug-likeness (QED) is 0.280. The molecule has 0 saturated carbocycles. The summed E-state index contributed by atoms with van der Waals surface area (Å²) in [6, 6.07) is 17.5. The van der Waals surface area contributed by atoms with Crippen LogP contribution in [0.5, 0.6) is 5.75 Å². The number of aromatic nitrogens is 1. The van der Waals surface area contributed by atoms with E-state index in [2.05, 4.69) is 37.4 Å². The fourth-order valence-corrected chi connectivity index (χ4v) is 5.70. The Morgan fingerprint density at radius 1 is 1.00 bits per heavy atom. The Morgan fingerprint density at radius 2 is 1.71 bits per heavy atom. The van der Waals surface area contributed by atoms with Crippen molar-refractivity contribution < 1.29 is 14.3 Å². The van der Waals surface area contributed by atoms with Gasteiger partial charge >= 0.3 is 0 Å². The molecule has 42 heavy (non-hydrogen) atoms. The Kier molecular flexibility index (Phi) is 9.24. The second-order valence-electron chi connectivity index (χ2n) is 11.4. The van der Waals surface area contributed by atoms with Gasteiger partial charge in [-0.15, -0.1) is 11.3 Å². The molecule has 0 radical (unpaired) electrons. The summed E-state index contributed by atoms with van der Waals surface area (Å²) in [5, 5.41) is 3.34. The van der Waals surface area contributed by atoms with Gasteiger partial charge in [-0.05, 0) is 60.7 Å². The number of nitrogens with one attached hydrogen (secondary N) is 1. The van der Waals surface area contributed by atoms with Gasteiger partial charge in [0.05, 0.1) is 17.3 Å². The van der Waals surface area contributed by atoms with Crippen LogP contribution in [0.2, 0.25) is 5.02 Å². The van der Waals surface area contributed by atoms with Crippen molar-refractivity contribution in [3.8, 4) is 16.9 Å². The molecule has 0 bridgehead atoms. The number of hydrogen-bond acceptors (Lipinski definition) is 5. The number of carbonyl (C=O) groups excluding carboxylic acids is 2. The molecular formula is C34H35ClN2O4S. The number of methoxy groups -OCH3 is 1. The second kappa shape index (κ2) is 12.5. The number of aryl methyl sites for hydroxylation is 3. The van der Waals surface area contributed by atoms with E-state index in [1.165, 1.54) is 34.7 Å². The van der Waals surface area contributed by atoms with Crippen LogP contribution in [0.1, 0.15) is 43.0 Å². The molecule has 4 rings (SSSR count). The number of Topliss-reactive ketones (excluding diaryl/α,β-unsaturated/α-hetero) is 1. The van der Waals surface area contributed by atoms with Crippen molar-refractivity contribution in [2.45, 2.75) is 48.1 Å². The molecule has 0 aliphatic rings. The molecule has 4 aromatic rings. The lowest BCUT2D eigenvalue weighted by Gasteiger charge is -2.13. The van der Waals surface area contributed by atoms with Gasteiger partial charge in [0.2, 0.25) is 5.91 Å². The normalized spacial score (nSPS) is 12.5. The van der Waals surface area contributed by atoms with E-state index in [9.17, 15) is 14.4 Å². The summed E-state index contributed by atoms with van der Waals surface area (Å²) >= 11 is 7.41. The lowest BCUT2D eigenvalue weighted by atomic mass is 9.91. The molecule has 8 heteroatoms. The number of thiazole rings is 1. The molecule has 6 nitrogen and oxygen atoms in total. The van der Waals surface area contributed by atoms with Crippen molar-refractivity contribution >= 4 is 52.5 Å². The van der Waals surface area contributed by atoms with E-state index < -0.39 is 11.3 Å². The molecule has 1 N–H and O–H groups in total. The molecule has 218 valence electrons. The lowest BCUT2D eigenvalue weighted by molar-refractivity contribution is -0.120. The van der Waals surface area contributed by atoms with Gasteiger partial charge in [-0.3, -0.25) is 19.0 Å². The van der Waals surface area contributed by atoms with Gasteiger partial charge in [0.1, 0.15) is 17.0 Å². The second-order valence-corrected chi connectivity index (χ2v) is 12.8. The Balaban J connectivity index is 1.83. The predicted octanol–water partition coefficient (Wildman–Crippen LogP) is 6.03. The Labute approximate surface area is 254 Å². The van der Waals surface area contributed by atoms with Crippen LogP contribution in [0.25, 0.3) is 23.3 Å². The highest BCUT2D eigenvalue weighted by molar-refractivity contribution is 7.07. The van der Waals surface area contributed by atoms with Crippen molar-refractivity contribution in [3.63, 3.8) is 0 Å². The van der Waals surface area contributed by atoms with Gasteiger partial charge in [0.25, 0.3) is 5.56 Å². The summed E-state index contributed by atoms with van der Waals surface area (Å²) in [4.78, 5) is 40.0. The summed E-state index contributed by atoms with van der Waals surface area (Å²) in [5.41, 5.74) is 5.45. The SMILES string of the molecule is COc1cc(Cl)c(C)cc1NC(=O)Cn1c(=O)/c(=C\c2ccccc2-c2ccc(C)cc2C)s/c1=C/C(=O)C(C)(C)C. The van der Waals surface area contributed by atoms with E-state index in [0.29, 0.717) is 25.7 Å². The molecule has 1 aromatic heterocycles. The Morgan fingerprint density at radius 3 is 2.38 bits per heavy atom. The molecule has 0 fully saturated rings. The fourth-order valence-electron chi connectivity index (χ4n) is 4.51. The molecule has 1 amide bonds. The molecule has 0 unspecified atom stereocenters. The van der Waals surface area contributed by atoms with E-state index in [1.54, 1.807) is 12.1 Å². The van der Waals surface area contributed by atoms with Crippen molar-refractivity contribution in [1.82, 2.24) is 4.57 Å². The van der Waals surface area contributed by atoms with E-state index in [4.69, 9.17) is 16.3 Å². The number of carbonyl (C=O) groups is 2. The summed E-state index contributed by atoms with van der Waals surface area (Å²) in [6.07, 6.45) is 3.29. The summed E-state index contributed by atoms with van der Waals surface area (Å²) in [7, 11) is 1.49. The third-order valence-corrected chi connectivity index (χ3v) is 8.37. The monoisotopic (exact) mass is 602 g/mol. The van der Waals surface area contributed by atoms with Crippen LogP contribution in [0, 0.1) is 26.2 Å². The van der Waals surface area contributed by atoms with E-state index in [1.807, 2.05) is 58.0 Å². The molecule has 0 spiro atoms. The molecular weight excluding hydrogens is 568 g/mol. The number of nitrogens with zero attached hydrogens (tertiary/aromatic N) is 1. The minimum atomic E-state index is -0.652. The van der Waals surface area contributed by atoms with Crippen LogP contribution < -0.4 is 24.8 Å². The standard InChI is InChI=1S/C34H35ClN2O4S/c1-20-12-13-24(21(2)14-20)25-11-9-8-10-23(25)16-29-33(40)37(32(42-29)18-30(38)34(4,5)6)19-31(39)36-27-15-22(3)26(35)17-28(27)41-7/h8-18H,19H2,1-7H3,(H,36,39)/b29-16+,32-18+. The highest BCUT2D eigenvalue weighted by Gasteiger charge is 2.20. The summed E-state index contributed by atoms with van der Waals surface area (Å²) in [5.74, 6) is -0.173. The number of anilines is 1. The molecule has 0 saturated heterocycles. The number of ether oxygens (including phenoxy) is 1. The van der Waals surface area contributed by atoms with Gasteiger partial charge in [-0.25, -0.2) is 0 Å². The van der Waals surface area contributed by atoms with Crippen molar-refractivity contribution in [2.75, 3.05) is 12.4 Å². The largest absolute Gasteiger partial charge is 0.495 e. The Hall–Kier alpha value is -3.94. The topological polar surface area (TPSA) is 77.4 Å².